The highest BCUT2D eigenvalue weighted by atomic mass is 79.9. The lowest BCUT2D eigenvalue weighted by molar-refractivity contribution is 0.302. The Kier molecular flexibility index (Phi) is 6.70. The maximum atomic E-state index is 9.90. The van der Waals surface area contributed by atoms with Gasteiger partial charge in [0.05, 0.1) is 27.0 Å². The summed E-state index contributed by atoms with van der Waals surface area (Å²) in [7, 11) is 0. The number of aliphatic imine (C=N–C) groups is 1. The lowest BCUT2D eigenvalue weighted by atomic mass is 10.1. The number of rotatable bonds is 7. The predicted molar refractivity (Wildman–Crippen MR) is 139 cm³/mol. The Morgan fingerprint density at radius 3 is 2.23 bits per heavy atom. The van der Waals surface area contributed by atoms with E-state index in [0.717, 1.165) is 20.1 Å². The normalized spacial score (nSPS) is 11.1. The van der Waals surface area contributed by atoms with Crippen molar-refractivity contribution in [1.29, 1.82) is 5.26 Å². The first kappa shape index (κ1) is 23.0. The fourth-order valence-electron chi connectivity index (χ4n) is 3.51. The van der Waals surface area contributed by atoms with Crippen LogP contribution >= 0.6 is 31.9 Å². The lowest BCUT2D eigenvalue weighted by Crippen LogP contribution is -1.97. The second-order valence-electron chi connectivity index (χ2n) is 7.40. The van der Waals surface area contributed by atoms with Gasteiger partial charge in [-0.15, -0.1) is 0 Å². The van der Waals surface area contributed by atoms with Crippen LogP contribution in [-0.2, 0) is 6.61 Å². The molecule has 3 heterocycles. The zero-order valence-corrected chi connectivity index (χ0v) is 21.2. The number of halogens is 2. The maximum absolute atomic E-state index is 9.90. The number of benzene rings is 2. The predicted octanol–water partition coefficient (Wildman–Crippen LogP) is 8.53. The van der Waals surface area contributed by atoms with Gasteiger partial charge in [0.2, 0.25) is 5.88 Å². The van der Waals surface area contributed by atoms with Gasteiger partial charge in [-0.25, -0.2) is 4.99 Å². The van der Waals surface area contributed by atoms with E-state index in [0.29, 0.717) is 35.2 Å². The second-order valence-corrected chi connectivity index (χ2v) is 9.11. The zero-order valence-electron chi connectivity index (χ0n) is 18.1. The summed E-state index contributed by atoms with van der Waals surface area (Å²) in [6, 6.07) is 22.9. The van der Waals surface area contributed by atoms with Gasteiger partial charge in [-0.1, -0.05) is 30.3 Å². The first-order chi connectivity index (χ1) is 17.1. The van der Waals surface area contributed by atoms with Crippen LogP contribution in [-0.4, -0.2) is 6.21 Å². The quantitative estimate of drug-likeness (QED) is 0.177. The van der Waals surface area contributed by atoms with E-state index in [-0.39, 0.29) is 11.4 Å². The van der Waals surface area contributed by atoms with E-state index >= 15 is 0 Å². The standard InChI is InChI=1S/C27H16Br2N2O4/c28-20-12-18(13-21(29)25(20)34-16-17-6-2-1-3-7-17)15-31-27-19(14-30)24(22-8-4-10-32-22)26(35-27)23-9-5-11-33-23/h1-13,15H,16H2. The van der Waals surface area contributed by atoms with Gasteiger partial charge >= 0.3 is 0 Å². The van der Waals surface area contributed by atoms with Crippen LogP contribution in [0.5, 0.6) is 5.75 Å². The number of hydrogen-bond donors (Lipinski definition) is 0. The first-order valence-electron chi connectivity index (χ1n) is 10.5. The molecular weight excluding hydrogens is 576 g/mol. The van der Waals surface area contributed by atoms with Gasteiger partial charge in [-0.3, -0.25) is 0 Å². The minimum Gasteiger partial charge on any atom is -0.487 e. The van der Waals surface area contributed by atoms with Crippen molar-refractivity contribution in [2.75, 3.05) is 0 Å². The van der Waals surface area contributed by atoms with Crippen LogP contribution in [0.3, 0.4) is 0 Å². The summed E-state index contributed by atoms with van der Waals surface area (Å²) in [5, 5.41) is 9.90. The SMILES string of the molecule is N#Cc1c(N=Cc2cc(Br)c(OCc3ccccc3)c(Br)c2)oc(-c2ccco2)c1-c1ccco1. The molecular formula is C27H16Br2N2O4. The molecule has 8 heteroatoms. The second kappa shape index (κ2) is 10.2. The van der Waals surface area contributed by atoms with E-state index < -0.39 is 0 Å². The molecule has 0 saturated heterocycles. The zero-order chi connectivity index (χ0) is 24.2. The Balaban J connectivity index is 1.46. The first-order valence-corrected chi connectivity index (χ1v) is 12.1. The fourth-order valence-corrected chi connectivity index (χ4v) is 4.96. The highest BCUT2D eigenvalue weighted by Crippen LogP contribution is 2.43. The largest absolute Gasteiger partial charge is 0.487 e. The van der Waals surface area contributed by atoms with E-state index in [9.17, 15) is 5.26 Å². The number of hydrogen-bond acceptors (Lipinski definition) is 6. The molecule has 0 N–H and O–H groups in total. The van der Waals surface area contributed by atoms with Crippen LogP contribution in [0.25, 0.3) is 22.8 Å². The molecule has 5 aromatic rings. The van der Waals surface area contributed by atoms with Crippen molar-refractivity contribution in [1.82, 2.24) is 0 Å². The molecule has 2 aromatic carbocycles. The molecule has 0 bridgehead atoms. The average Bonchev–Trinajstić information content (AvgIpc) is 3.63. The van der Waals surface area contributed by atoms with Gasteiger partial charge in [0.1, 0.15) is 29.7 Å². The molecule has 5 rings (SSSR count). The van der Waals surface area contributed by atoms with Crippen molar-refractivity contribution in [2.24, 2.45) is 4.99 Å². The molecule has 0 unspecified atom stereocenters. The summed E-state index contributed by atoms with van der Waals surface area (Å²) in [6.45, 7) is 0.439. The van der Waals surface area contributed by atoms with Crippen LogP contribution in [0.2, 0.25) is 0 Å². The van der Waals surface area contributed by atoms with E-state index in [1.807, 2.05) is 42.5 Å². The van der Waals surface area contributed by atoms with E-state index in [4.69, 9.17) is 18.0 Å². The Hall–Kier alpha value is -3.80. The number of ether oxygens (including phenoxy) is 1. The molecule has 0 atom stereocenters. The maximum Gasteiger partial charge on any atom is 0.238 e. The van der Waals surface area contributed by atoms with Gasteiger partial charge in [0, 0.05) is 6.21 Å². The molecule has 172 valence electrons. The van der Waals surface area contributed by atoms with Crippen molar-refractivity contribution < 1.29 is 18.0 Å². The Morgan fingerprint density at radius 2 is 1.60 bits per heavy atom. The molecule has 0 radical (unpaired) electrons. The third-order valence-corrected chi connectivity index (χ3v) is 6.27. The van der Waals surface area contributed by atoms with Crippen molar-refractivity contribution in [3.8, 4) is 34.7 Å². The van der Waals surface area contributed by atoms with Crippen LogP contribution in [0.15, 0.2) is 106 Å². The van der Waals surface area contributed by atoms with Crippen LogP contribution < -0.4 is 4.74 Å². The molecule has 3 aromatic heterocycles. The third-order valence-electron chi connectivity index (χ3n) is 5.09. The van der Waals surface area contributed by atoms with Crippen LogP contribution in [0, 0.1) is 11.3 Å². The van der Waals surface area contributed by atoms with Crippen LogP contribution in [0.4, 0.5) is 5.88 Å². The monoisotopic (exact) mass is 590 g/mol. The molecule has 0 saturated carbocycles. The highest BCUT2D eigenvalue weighted by Gasteiger charge is 2.26. The van der Waals surface area contributed by atoms with Crippen molar-refractivity contribution in [2.45, 2.75) is 6.61 Å². The Labute approximate surface area is 217 Å². The fraction of sp³-hybridized carbons (Fsp3) is 0.0370. The minimum atomic E-state index is 0.155. The van der Waals surface area contributed by atoms with E-state index in [1.54, 1.807) is 30.5 Å². The number of furan rings is 3. The van der Waals surface area contributed by atoms with Gasteiger partial charge < -0.3 is 18.0 Å². The van der Waals surface area contributed by atoms with Gasteiger partial charge in [-0.05, 0) is 79.4 Å². The summed E-state index contributed by atoms with van der Waals surface area (Å²) in [4.78, 5) is 4.47. The van der Waals surface area contributed by atoms with Crippen LogP contribution in [0.1, 0.15) is 16.7 Å². The summed E-state index contributed by atoms with van der Waals surface area (Å²) >= 11 is 7.15. The highest BCUT2D eigenvalue weighted by molar-refractivity contribution is 9.11. The molecule has 35 heavy (non-hydrogen) atoms. The molecule has 0 fully saturated rings. The lowest BCUT2D eigenvalue weighted by Gasteiger charge is -2.11. The topological polar surface area (TPSA) is 84.8 Å². The average molecular weight is 592 g/mol. The summed E-state index contributed by atoms with van der Waals surface area (Å²) in [6.07, 6.45) is 4.69. The van der Waals surface area contributed by atoms with Crippen molar-refractivity contribution in [3.63, 3.8) is 0 Å². The smallest absolute Gasteiger partial charge is 0.238 e. The van der Waals surface area contributed by atoms with Gasteiger partial charge in [0.25, 0.3) is 0 Å². The van der Waals surface area contributed by atoms with Gasteiger partial charge in [0.15, 0.2) is 11.5 Å². The van der Waals surface area contributed by atoms with Crippen molar-refractivity contribution >= 4 is 44.0 Å². The summed E-state index contributed by atoms with van der Waals surface area (Å²) < 4.78 is 24.5. The number of nitrogens with zero attached hydrogens (tertiary/aromatic N) is 2. The Morgan fingerprint density at radius 1 is 0.914 bits per heavy atom. The minimum absolute atomic E-state index is 0.155. The third kappa shape index (κ3) is 4.87. The van der Waals surface area contributed by atoms with E-state index in [2.05, 4.69) is 42.9 Å². The van der Waals surface area contributed by atoms with Gasteiger partial charge in [-0.2, -0.15) is 5.26 Å². The summed E-state index contributed by atoms with van der Waals surface area (Å²) in [5.41, 5.74) is 2.59. The Bertz CT molecular complexity index is 1490. The molecule has 0 amide bonds. The molecule has 0 aliphatic rings. The summed E-state index contributed by atoms with van der Waals surface area (Å²) in [5.74, 6) is 2.17. The molecule has 0 spiro atoms. The van der Waals surface area contributed by atoms with E-state index in [1.165, 1.54) is 12.5 Å². The van der Waals surface area contributed by atoms with Crippen molar-refractivity contribution in [3.05, 3.63) is 105 Å². The number of nitriles is 1. The molecule has 6 nitrogen and oxygen atoms in total. The molecule has 0 aliphatic carbocycles. The molecule has 0 aliphatic heterocycles.